The van der Waals surface area contributed by atoms with E-state index in [1.165, 1.54) is 17.2 Å². The molecule has 5 atom stereocenters. The molecule has 23 heavy (non-hydrogen) atoms. The normalized spacial score (nSPS) is 29.2. The first kappa shape index (κ1) is 16.1. The fourth-order valence-electron chi connectivity index (χ4n) is 2.29. The molecule has 1 aliphatic heterocycles. The molecule has 2 aromatic rings. The topological polar surface area (TPSA) is 175 Å². The number of hydrogen-bond acceptors (Lipinski definition) is 10. The molecule has 3 rings (SSSR count). The zero-order valence-corrected chi connectivity index (χ0v) is 12.2. The number of aliphatic hydroxyl groups excluding tert-OH is 2. The number of ether oxygens (including phenoxy) is 1. The molecule has 0 amide bonds. The van der Waals surface area contributed by atoms with Gasteiger partial charge in [-0.2, -0.15) is 4.21 Å². The van der Waals surface area contributed by atoms with Crippen molar-refractivity contribution >= 4 is 28.3 Å². The molecule has 12 nitrogen and oxygen atoms in total. The van der Waals surface area contributed by atoms with Crippen LogP contribution in [-0.4, -0.2) is 63.4 Å². The molecule has 0 saturated carbocycles. The van der Waals surface area contributed by atoms with Gasteiger partial charge in [-0.3, -0.25) is 9.12 Å². The zero-order chi connectivity index (χ0) is 16.6. The molecule has 126 valence electrons. The van der Waals surface area contributed by atoms with Gasteiger partial charge in [0.1, 0.15) is 36.8 Å². The predicted molar refractivity (Wildman–Crippen MR) is 73.5 cm³/mol. The molecule has 0 aliphatic carbocycles. The monoisotopic (exact) mass is 347 g/mol. The van der Waals surface area contributed by atoms with Crippen LogP contribution in [0.15, 0.2) is 12.7 Å². The van der Waals surface area contributed by atoms with Crippen molar-refractivity contribution < 1.29 is 32.9 Å². The van der Waals surface area contributed by atoms with E-state index in [-0.39, 0.29) is 12.4 Å². The second-order valence-electron chi connectivity index (χ2n) is 4.70. The molecule has 1 saturated heterocycles. The molecule has 0 bridgehead atoms. The van der Waals surface area contributed by atoms with Gasteiger partial charge in [0.15, 0.2) is 17.7 Å². The van der Waals surface area contributed by atoms with Crippen LogP contribution < -0.4 is 5.73 Å². The SMILES string of the molecule is Nc1ncnc2c1ncn2C1OC(COOS(=O)O)C(O)C1O. The summed E-state index contributed by atoms with van der Waals surface area (Å²) in [5, 5.41) is 20.1. The minimum Gasteiger partial charge on any atom is -0.387 e. The van der Waals surface area contributed by atoms with Crippen molar-refractivity contribution in [1.29, 1.82) is 0 Å². The van der Waals surface area contributed by atoms with Crippen molar-refractivity contribution in [1.82, 2.24) is 19.5 Å². The average Bonchev–Trinajstić information content (AvgIpc) is 3.04. The van der Waals surface area contributed by atoms with Gasteiger partial charge in [-0.15, -0.1) is 4.33 Å². The smallest absolute Gasteiger partial charge is 0.330 e. The second kappa shape index (κ2) is 6.40. The van der Waals surface area contributed by atoms with Gasteiger partial charge >= 0.3 is 11.4 Å². The van der Waals surface area contributed by atoms with E-state index >= 15 is 0 Å². The first-order chi connectivity index (χ1) is 11.0. The number of imidazole rings is 1. The first-order valence-corrected chi connectivity index (χ1v) is 7.37. The number of nitrogen functional groups attached to an aromatic ring is 1. The van der Waals surface area contributed by atoms with E-state index < -0.39 is 35.9 Å². The van der Waals surface area contributed by atoms with Gasteiger partial charge in [0, 0.05) is 0 Å². The number of rotatable bonds is 5. The van der Waals surface area contributed by atoms with Crippen LogP contribution in [-0.2, 0) is 25.3 Å². The third-order valence-corrected chi connectivity index (χ3v) is 3.55. The van der Waals surface area contributed by atoms with E-state index in [0.29, 0.717) is 11.2 Å². The van der Waals surface area contributed by atoms with Crippen LogP contribution in [0.1, 0.15) is 6.23 Å². The third kappa shape index (κ3) is 3.02. The van der Waals surface area contributed by atoms with Crippen molar-refractivity contribution in [3.8, 4) is 0 Å². The highest BCUT2D eigenvalue weighted by molar-refractivity contribution is 7.74. The first-order valence-electron chi connectivity index (χ1n) is 6.34. The summed E-state index contributed by atoms with van der Waals surface area (Å²) in [4.78, 5) is 16.3. The Kier molecular flexibility index (Phi) is 4.49. The lowest BCUT2D eigenvalue weighted by Gasteiger charge is -2.16. The fraction of sp³-hybridized carbons (Fsp3) is 0.500. The summed E-state index contributed by atoms with van der Waals surface area (Å²) in [5.74, 6) is 0.167. The van der Waals surface area contributed by atoms with Crippen molar-refractivity contribution in [2.45, 2.75) is 24.5 Å². The molecule has 5 unspecified atom stereocenters. The van der Waals surface area contributed by atoms with Crippen LogP contribution in [0.3, 0.4) is 0 Å². The van der Waals surface area contributed by atoms with E-state index in [0.717, 1.165) is 0 Å². The molecular weight excluding hydrogens is 334 g/mol. The quantitative estimate of drug-likeness (QED) is 0.270. The van der Waals surface area contributed by atoms with Crippen LogP contribution in [0.5, 0.6) is 0 Å². The number of nitrogens with zero attached hydrogens (tertiary/aromatic N) is 4. The molecule has 3 heterocycles. The highest BCUT2D eigenvalue weighted by Gasteiger charge is 2.44. The largest absolute Gasteiger partial charge is 0.387 e. The van der Waals surface area contributed by atoms with Gasteiger partial charge < -0.3 is 20.7 Å². The van der Waals surface area contributed by atoms with Gasteiger partial charge in [-0.25, -0.2) is 19.8 Å². The summed E-state index contributed by atoms with van der Waals surface area (Å²) in [7, 11) is 0. The van der Waals surface area contributed by atoms with Crippen LogP contribution in [0, 0.1) is 0 Å². The van der Waals surface area contributed by atoms with E-state index in [4.69, 9.17) is 15.0 Å². The second-order valence-corrected chi connectivity index (χ2v) is 5.27. The number of hydrogen-bond donors (Lipinski definition) is 4. The maximum atomic E-state index is 10.3. The lowest BCUT2D eigenvalue weighted by molar-refractivity contribution is -0.230. The fourth-order valence-corrected chi connectivity index (χ4v) is 2.43. The highest BCUT2D eigenvalue weighted by Crippen LogP contribution is 2.32. The Morgan fingerprint density at radius 2 is 2.13 bits per heavy atom. The summed E-state index contributed by atoms with van der Waals surface area (Å²) in [6, 6.07) is 0. The number of anilines is 1. The maximum Gasteiger partial charge on any atom is 0.330 e. The lowest BCUT2D eigenvalue weighted by atomic mass is 10.1. The summed E-state index contributed by atoms with van der Waals surface area (Å²) in [6.07, 6.45) is -2.03. The summed E-state index contributed by atoms with van der Waals surface area (Å²) in [5.41, 5.74) is 6.34. The molecule has 0 spiro atoms. The van der Waals surface area contributed by atoms with Crippen LogP contribution >= 0.6 is 0 Å². The molecule has 13 heteroatoms. The maximum absolute atomic E-state index is 10.3. The summed E-state index contributed by atoms with van der Waals surface area (Å²) in [6.45, 7) is -0.370. The predicted octanol–water partition coefficient (Wildman–Crippen LogP) is -1.89. The number of aliphatic hydroxyl groups is 2. The minimum absolute atomic E-state index is 0.167. The molecular formula is C10H13N5O7S. The van der Waals surface area contributed by atoms with Crippen LogP contribution in [0.25, 0.3) is 11.2 Å². The van der Waals surface area contributed by atoms with Crippen molar-refractivity contribution in [2.24, 2.45) is 0 Å². The van der Waals surface area contributed by atoms with Crippen LogP contribution in [0.4, 0.5) is 5.82 Å². The van der Waals surface area contributed by atoms with E-state index in [9.17, 15) is 14.4 Å². The van der Waals surface area contributed by atoms with Gasteiger partial charge in [0.2, 0.25) is 0 Å². The Morgan fingerprint density at radius 3 is 2.87 bits per heavy atom. The molecule has 0 radical (unpaired) electrons. The summed E-state index contributed by atoms with van der Waals surface area (Å²) >= 11 is -2.61. The van der Waals surface area contributed by atoms with Crippen molar-refractivity contribution in [3.05, 3.63) is 12.7 Å². The number of aromatic nitrogens is 4. The van der Waals surface area contributed by atoms with Crippen LogP contribution in [0.2, 0.25) is 0 Å². The number of fused-ring (bicyclic) bond motifs is 1. The van der Waals surface area contributed by atoms with E-state index in [1.807, 2.05) is 0 Å². The van der Waals surface area contributed by atoms with Gasteiger partial charge in [-0.05, 0) is 0 Å². The Hall–Kier alpha value is -1.74. The molecule has 1 aliphatic rings. The van der Waals surface area contributed by atoms with Crippen molar-refractivity contribution in [2.75, 3.05) is 12.3 Å². The molecule has 2 aromatic heterocycles. The van der Waals surface area contributed by atoms with E-state index in [1.54, 1.807) is 0 Å². The average molecular weight is 347 g/mol. The Labute approximate surface area is 131 Å². The highest BCUT2D eigenvalue weighted by atomic mass is 32.2. The summed E-state index contributed by atoms with van der Waals surface area (Å²) < 4.78 is 29.6. The van der Waals surface area contributed by atoms with Gasteiger partial charge in [0.05, 0.1) is 6.33 Å². The third-order valence-electron chi connectivity index (χ3n) is 3.34. The lowest BCUT2D eigenvalue weighted by Crippen LogP contribution is -2.33. The molecule has 0 aromatic carbocycles. The molecule has 1 fully saturated rings. The van der Waals surface area contributed by atoms with E-state index in [2.05, 4.69) is 24.2 Å². The van der Waals surface area contributed by atoms with Gasteiger partial charge in [-0.1, -0.05) is 0 Å². The standard InChI is InChI=1S/C10H13N5O7S/c11-8-5-9(13-2-12-8)15(3-14-5)10-7(17)6(16)4(21-10)1-20-22-23(18)19/h2-4,6-7,10,16-17H,1H2,(H,18,19)(H2,11,12,13). The number of nitrogens with two attached hydrogens (primary N) is 1. The zero-order valence-electron chi connectivity index (χ0n) is 11.4. The van der Waals surface area contributed by atoms with Gasteiger partial charge in [0.25, 0.3) is 0 Å². The van der Waals surface area contributed by atoms with Crippen molar-refractivity contribution in [3.63, 3.8) is 0 Å². The Morgan fingerprint density at radius 1 is 1.35 bits per heavy atom. The molecule has 5 N–H and O–H groups in total. The minimum atomic E-state index is -2.61. The Bertz CT molecular complexity index is 727. The Balaban J connectivity index is 1.80.